The smallest absolute Gasteiger partial charge is 0.0922 e. The van der Waals surface area contributed by atoms with Crippen LogP contribution >= 0.6 is 0 Å². The summed E-state index contributed by atoms with van der Waals surface area (Å²) in [6, 6.07) is 0.891. The highest BCUT2D eigenvalue weighted by molar-refractivity contribution is 4.94. The molecule has 4 rings (SSSR count). The van der Waals surface area contributed by atoms with Gasteiger partial charge in [-0.3, -0.25) is 4.90 Å². The summed E-state index contributed by atoms with van der Waals surface area (Å²) in [7, 11) is 0. The number of nitrogens with zero attached hydrogens (tertiary/aromatic N) is 4. The van der Waals surface area contributed by atoms with E-state index in [-0.39, 0.29) is 0 Å². The molecule has 1 atom stereocenters. The molecule has 27 heavy (non-hydrogen) atoms. The Morgan fingerprint density at radius 1 is 1.00 bits per heavy atom. The number of H-pyrrole nitrogens is 1. The topological polar surface area (TPSA) is 38.4 Å². The van der Waals surface area contributed by atoms with Gasteiger partial charge >= 0.3 is 0 Å². The van der Waals surface area contributed by atoms with Crippen molar-refractivity contribution in [3.05, 3.63) is 18.2 Å². The second-order valence-electron chi connectivity index (χ2n) is 9.16. The van der Waals surface area contributed by atoms with E-state index in [1.54, 1.807) is 0 Å². The lowest BCUT2D eigenvalue weighted by molar-refractivity contribution is 0.0908. The lowest BCUT2D eigenvalue weighted by Gasteiger charge is -2.39. The van der Waals surface area contributed by atoms with E-state index in [4.69, 9.17) is 0 Å². The van der Waals surface area contributed by atoms with Crippen LogP contribution in [0.1, 0.15) is 63.5 Å². The van der Waals surface area contributed by atoms with Crippen LogP contribution < -0.4 is 0 Å². The van der Waals surface area contributed by atoms with Crippen LogP contribution in [0.15, 0.2) is 12.5 Å². The summed E-state index contributed by atoms with van der Waals surface area (Å²) in [5.41, 5.74) is 1.26. The van der Waals surface area contributed by atoms with Crippen LogP contribution in [-0.2, 0) is 6.54 Å². The number of nitrogens with one attached hydrogen (secondary N) is 1. The Labute approximate surface area is 165 Å². The van der Waals surface area contributed by atoms with Gasteiger partial charge in [-0.1, -0.05) is 19.3 Å². The van der Waals surface area contributed by atoms with Gasteiger partial charge in [-0.25, -0.2) is 4.98 Å². The zero-order chi connectivity index (χ0) is 18.3. The molecular weight excluding hydrogens is 334 g/mol. The quantitative estimate of drug-likeness (QED) is 0.758. The van der Waals surface area contributed by atoms with E-state index in [1.165, 1.54) is 109 Å². The fraction of sp³-hybridized carbons (Fsp3) is 0.864. The van der Waals surface area contributed by atoms with Crippen molar-refractivity contribution in [1.82, 2.24) is 24.7 Å². The van der Waals surface area contributed by atoms with Gasteiger partial charge in [0.25, 0.3) is 0 Å². The van der Waals surface area contributed by atoms with Crippen molar-refractivity contribution in [2.24, 2.45) is 5.92 Å². The standard InChI is InChI=1S/C22H39N5/c1-4-10-25(11-5-1)13-14-26(18-21-15-23-19-24-21)16-20-7-6-12-27(17-20)22-8-2-3-9-22/h15,19-20,22H,1-14,16-18H2,(H,23,24). The maximum absolute atomic E-state index is 4.24. The summed E-state index contributed by atoms with van der Waals surface area (Å²) in [5.74, 6) is 0.837. The van der Waals surface area contributed by atoms with Gasteiger partial charge in [0, 0.05) is 50.7 Å². The molecule has 0 bridgehead atoms. The second-order valence-corrected chi connectivity index (χ2v) is 9.16. The van der Waals surface area contributed by atoms with E-state index in [1.807, 2.05) is 12.5 Å². The fourth-order valence-corrected chi connectivity index (χ4v) is 5.53. The van der Waals surface area contributed by atoms with Gasteiger partial charge in [0.15, 0.2) is 0 Å². The number of hydrogen-bond donors (Lipinski definition) is 1. The van der Waals surface area contributed by atoms with Crippen LogP contribution in [0.25, 0.3) is 0 Å². The van der Waals surface area contributed by atoms with Crippen molar-refractivity contribution < 1.29 is 0 Å². The molecule has 0 aromatic carbocycles. The Hall–Kier alpha value is -0.910. The number of aromatic nitrogens is 2. The van der Waals surface area contributed by atoms with E-state index >= 15 is 0 Å². The molecule has 1 unspecified atom stereocenters. The van der Waals surface area contributed by atoms with E-state index in [9.17, 15) is 0 Å². The van der Waals surface area contributed by atoms with Crippen molar-refractivity contribution in [2.75, 3.05) is 45.8 Å². The van der Waals surface area contributed by atoms with Crippen LogP contribution in [-0.4, -0.2) is 76.5 Å². The van der Waals surface area contributed by atoms with Crippen LogP contribution in [0.4, 0.5) is 0 Å². The molecule has 0 spiro atoms. The average molecular weight is 374 g/mol. The predicted octanol–water partition coefficient (Wildman–Crippen LogP) is 3.35. The summed E-state index contributed by atoms with van der Waals surface area (Å²) < 4.78 is 0. The third-order valence-electron chi connectivity index (χ3n) is 7.04. The summed E-state index contributed by atoms with van der Waals surface area (Å²) in [6.45, 7) is 9.97. The first-order valence-electron chi connectivity index (χ1n) is 11.5. The van der Waals surface area contributed by atoms with E-state index < -0.39 is 0 Å². The Bertz CT molecular complexity index is 519. The Balaban J connectivity index is 1.31. The molecule has 0 radical (unpaired) electrons. The Morgan fingerprint density at radius 3 is 2.63 bits per heavy atom. The predicted molar refractivity (Wildman–Crippen MR) is 111 cm³/mol. The van der Waals surface area contributed by atoms with Crippen molar-refractivity contribution in [3.63, 3.8) is 0 Å². The summed E-state index contributed by atoms with van der Waals surface area (Å²) in [4.78, 5) is 15.8. The first kappa shape index (κ1) is 19.4. The molecule has 5 nitrogen and oxygen atoms in total. The van der Waals surface area contributed by atoms with Crippen LogP contribution in [0, 0.1) is 5.92 Å². The minimum Gasteiger partial charge on any atom is -0.347 e. The molecule has 3 fully saturated rings. The zero-order valence-electron chi connectivity index (χ0n) is 17.1. The van der Waals surface area contributed by atoms with E-state index in [2.05, 4.69) is 24.7 Å². The first-order valence-corrected chi connectivity index (χ1v) is 11.5. The SMILES string of the molecule is c1ncc(CN(CCN2CCCCC2)CC2CCCN(C3CCCC3)C2)[nH]1. The van der Waals surface area contributed by atoms with Crippen LogP contribution in [0.3, 0.4) is 0 Å². The number of aromatic amines is 1. The number of hydrogen-bond acceptors (Lipinski definition) is 4. The monoisotopic (exact) mass is 373 g/mol. The summed E-state index contributed by atoms with van der Waals surface area (Å²) in [5, 5.41) is 0. The number of imidazole rings is 1. The second kappa shape index (κ2) is 10.0. The fourth-order valence-electron chi connectivity index (χ4n) is 5.53. The average Bonchev–Trinajstić information content (AvgIpc) is 3.41. The number of likely N-dealkylation sites (tertiary alicyclic amines) is 2. The number of rotatable bonds is 8. The minimum absolute atomic E-state index is 0.837. The minimum atomic E-state index is 0.837. The maximum Gasteiger partial charge on any atom is 0.0922 e. The van der Waals surface area contributed by atoms with Gasteiger partial charge in [-0.05, 0) is 64.1 Å². The molecule has 1 N–H and O–H groups in total. The molecule has 0 amide bonds. The molecule has 152 valence electrons. The molecule has 1 aromatic heterocycles. The van der Waals surface area contributed by atoms with Gasteiger partial charge in [-0.2, -0.15) is 0 Å². The molecule has 1 saturated carbocycles. The molecule has 3 aliphatic rings. The zero-order valence-corrected chi connectivity index (χ0v) is 17.1. The highest BCUT2D eigenvalue weighted by Gasteiger charge is 2.28. The van der Waals surface area contributed by atoms with Gasteiger partial charge in [-0.15, -0.1) is 0 Å². The van der Waals surface area contributed by atoms with Crippen LogP contribution in [0.2, 0.25) is 0 Å². The van der Waals surface area contributed by atoms with Crippen molar-refractivity contribution in [1.29, 1.82) is 0 Å². The largest absolute Gasteiger partial charge is 0.347 e. The van der Waals surface area contributed by atoms with E-state index in [0.29, 0.717) is 0 Å². The van der Waals surface area contributed by atoms with Crippen molar-refractivity contribution >= 4 is 0 Å². The maximum atomic E-state index is 4.24. The highest BCUT2D eigenvalue weighted by atomic mass is 15.2. The molecular formula is C22H39N5. The molecule has 3 heterocycles. The molecule has 1 aliphatic carbocycles. The normalized spacial score (nSPS) is 26.2. The van der Waals surface area contributed by atoms with Crippen LogP contribution in [0.5, 0.6) is 0 Å². The lowest BCUT2D eigenvalue weighted by atomic mass is 9.95. The molecule has 2 aliphatic heterocycles. The van der Waals surface area contributed by atoms with Gasteiger partial charge < -0.3 is 14.8 Å². The summed E-state index contributed by atoms with van der Waals surface area (Å²) >= 11 is 0. The third kappa shape index (κ3) is 5.78. The highest BCUT2D eigenvalue weighted by Crippen LogP contribution is 2.28. The van der Waals surface area contributed by atoms with Gasteiger partial charge in [0.05, 0.1) is 6.33 Å². The molecule has 2 saturated heterocycles. The molecule has 1 aromatic rings. The van der Waals surface area contributed by atoms with Gasteiger partial charge in [0.2, 0.25) is 0 Å². The number of piperidine rings is 2. The Kier molecular flexibility index (Phi) is 7.21. The van der Waals surface area contributed by atoms with Crippen molar-refractivity contribution in [2.45, 2.75) is 70.4 Å². The Morgan fingerprint density at radius 2 is 1.85 bits per heavy atom. The lowest BCUT2D eigenvalue weighted by Crippen LogP contribution is -2.46. The molecule has 5 heteroatoms. The van der Waals surface area contributed by atoms with Gasteiger partial charge in [0.1, 0.15) is 0 Å². The summed E-state index contributed by atoms with van der Waals surface area (Å²) in [6.07, 6.45) is 16.6. The first-order chi connectivity index (χ1) is 13.4. The van der Waals surface area contributed by atoms with E-state index in [0.717, 1.165) is 18.5 Å². The van der Waals surface area contributed by atoms with Crippen molar-refractivity contribution in [3.8, 4) is 0 Å². The third-order valence-corrected chi connectivity index (χ3v) is 7.04.